The summed E-state index contributed by atoms with van der Waals surface area (Å²) in [4.78, 5) is 57.6. The predicted molar refractivity (Wildman–Crippen MR) is 144 cm³/mol. The summed E-state index contributed by atoms with van der Waals surface area (Å²) in [7, 11) is 0. The van der Waals surface area contributed by atoms with Crippen LogP contribution in [0.2, 0.25) is 0 Å². The van der Waals surface area contributed by atoms with Crippen LogP contribution in [0.1, 0.15) is 39.2 Å². The van der Waals surface area contributed by atoms with Gasteiger partial charge in [-0.1, -0.05) is 32.0 Å². The molecular weight excluding hydrogens is 492 g/mol. The van der Waals surface area contributed by atoms with Crippen molar-refractivity contribution in [2.45, 2.75) is 64.2 Å². The van der Waals surface area contributed by atoms with Gasteiger partial charge in [0.05, 0.1) is 6.04 Å². The van der Waals surface area contributed by atoms with Crippen LogP contribution < -0.4 is 33.2 Å². The molecule has 0 spiro atoms. The summed E-state index contributed by atoms with van der Waals surface area (Å²) in [6.07, 6.45) is 2.33. The smallest absolute Gasteiger partial charge is 0.326 e. The number of fused-ring (bicyclic) bond motifs is 1. The minimum Gasteiger partial charge on any atom is -0.480 e. The summed E-state index contributed by atoms with van der Waals surface area (Å²) in [6, 6.07) is 3.34. The number of hydrogen-bond donors (Lipinski definition) is 8. The first kappa shape index (κ1) is 30.1. The monoisotopic (exact) mass is 530 g/mol. The van der Waals surface area contributed by atoms with Crippen molar-refractivity contribution in [2.75, 3.05) is 6.54 Å². The maximum atomic E-state index is 13.4. The number of nitrogens with one attached hydrogen (secondary N) is 4. The van der Waals surface area contributed by atoms with Crippen LogP contribution in [0.5, 0.6) is 0 Å². The third kappa shape index (κ3) is 8.76. The number of rotatable bonds is 14. The van der Waals surface area contributed by atoms with Gasteiger partial charge in [0.25, 0.3) is 0 Å². The number of H-pyrrole nitrogens is 1. The Hall–Kier alpha value is -4.13. The highest BCUT2D eigenvalue weighted by Gasteiger charge is 2.31. The molecule has 11 N–H and O–H groups in total. The van der Waals surface area contributed by atoms with Crippen molar-refractivity contribution in [2.24, 2.45) is 28.1 Å². The van der Waals surface area contributed by atoms with Crippen LogP contribution in [-0.4, -0.2) is 70.5 Å². The molecule has 2 rings (SSSR count). The fourth-order valence-corrected chi connectivity index (χ4v) is 3.84. The molecule has 13 nitrogen and oxygen atoms in total. The zero-order chi connectivity index (χ0) is 28.4. The average Bonchev–Trinajstić information content (AvgIpc) is 3.25. The van der Waals surface area contributed by atoms with E-state index in [2.05, 4.69) is 25.9 Å². The van der Waals surface area contributed by atoms with Crippen LogP contribution in [0.3, 0.4) is 0 Å². The molecule has 0 aliphatic carbocycles. The van der Waals surface area contributed by atoms with E-state index < -0.39 is 53.8 Å². The number of aromatic amines is 1. The highest BCUT2D eigenvalue weighted by Crippen LogP contribution is 2.19. The van der Waals surface area contributed by atoms with Crippen molar-refractivity contribution >= 4 is 40.6 Å². The van der Waals surface area contributed by atoms with E-state index in [4.69, 9.17) is 17.2 Å². The van der Waals surface area contributed by atoms with Gasteiger partial charge in [-0.2, -0.15) is 0 Å². The zero-order valence-corrected chi connectivity index (χ0v) is 21.9. The second-order valence-electron chi connectivity index (χ2n) is 9.49. The van der Waals surface area contributed by atoms with Gasteiger partial charge < -0.3 is 43.2 Å². The Morgan fingerprint density at radius 3 is 2.21 bits per heavy atom. The van der Waals surface area contributed by atoms with Crippen molar-refractivity contribution < 1.29 is 24.3 Å². The molecule has 4 atom stereocenters. The fourth-order valence-electron chi connectivity index (χ4n) is 3.84. The van der Waals surface area contributed by atoms with Gasteiger partial charge in [0.2, 0.25) is 17.7 Å². The molecule has 4 unspecified atom stereocenters. The lowest BCUT2D eigenvalue weighted by molar-refractivity contribution is -0.143. The van der Waals surface area contributed by atoms with E-state index in [9.17, 15) is 24.3 Å². The van der Waals surface area contributed by atoms with Gasteiger partial charge in [0, 0.05) is 30.1 Å². The predicted octanol–water partition coefficient (Wildman–Crippen LogP) is -0.694. The highest BCUT2D eigenvalue weighted by molar-refractivity contribution is 5.94. The van der Waals surface area contributed by atoms with Crippen molar-refractivity contribution in [3.63, 3.8) is 0 Å². The average molecular weight is 531 g/mol. The number of carboxylic acids is 1. The van der Waals surface area contributed by atoms with E-state index in [1.807, 2.05) is 24.3 Å². The van der Waals surface area contributed by atoms with Gasteiger partial charge in [0.15, 0.2) is 5.96 Å². The number of aliphatic imine (C=N–C) groups is 1. The Labute approximate surface area is 221 Å². The molecule has 2 aromatic rings. The number of nitrogens with two attached hydrogens (primary N) is 3. The largest absolute Gasteiger partial charge is 0.480 e. The van der Waals surface area contributed by atoms with E-state index in [0.717, 1.165) is 16.5 Å². The SMILES string of the molecule is CC(N)C(=O)NC(Cc1c[nH]c2ccccc12)C(=O)NC(CCCN=C(N)N)C(=O)NC(C(=O)O)C(C)C. The Balaban J connectivity index is 2.28. The Morgan fingerprint density at radius 2 is 1.61 bits per heavy atom. The summed E-state index contributed by atoms with van der Waals surface area (Å²) in [5.41, 5.74) is 18.1. The zero-order valence-electron chi connectivity index (χ0n) is 21.9. The molecule has 208 valence electrons. The lowest BCUT2D eigenvalue weighted by Gasteiger charge is -2.26. The Kier molecular flexibility index (Phi) is 11.1. The molecule has 38 heavy (non-hydrogen) atoms. The Bertz CT molecular complexity index is 1160. The molecule has 0 aliphatic rings. The number of carboxylic acid groups (broad SMARTS) is 1. The van der Waals surface area contributed by atoms with Gasteiger partial charge in [-0.15, -0.1) is 0 Å². The summed E-state index contributed by atoms with van der Waals surface area (Å²) in [5, 5.41) is 18.2. The van der Waals surface area contributed by atoms with Crippen LogP contribution in [-0.2, 0) is 25.6 Å². The summed E-state index contributed by atoms with van der Waals surface area (Å²) in [6.45, 7) is 5.01. The van der Waals surface area contributed by atoms with Gasteiger partial charge >= 0.3 is 5.97 Å². The topological polar surface area (TPSA) is 231 Å². The van der Waals surface area contributed by atoms with Crippen LogP contribution >= 0.6 is 0 Å². The van der Waals surface area contributed by atoms with E-state index in [1.165, 1.54) is 6.92 Å². The number of aliphatic carboxylic acids is 1. The number of carbonyl (C=O) groups excluding carboxylic acids is 3. The number of benzene rings is 1. The minimum absolute atomic E-state index is 0.113. The number of para-hydroxylation sites is 1. The molecule has 0 radical (unpaired) electrons. The molecule has 0 saturated carbocycles. The third-order valence-electron chi connectivity index (χ3n) is 5.95. The number of amides is 3. The standard InChI is InChI=1S/C25H38N8O5/c1-13(2)20(24(37)38)33-22(35)18(9-6-10-29-25(27)28)31-23(36)19(32-21(34)14(3)26)11-15-12-30-17-8-5-4-7-16(15)17/h4-5,7-8,12-14,18-20,30H,6,9-11,26H2,1-3H3,(H,31,36)(H,32,34)(H,33,35)(H,37,38)(H4,27,28,29). The highest BCUT2D eigenvalue weighted by atomic mass is 16.4. The first-order valence-corrected chi connectivity index (χ1v) is 12.4. The molecule has 1 aromatic carbocycles. The Morgan fingerprint density at radius 1 is 0.974 bits per heavy atom. The quantitative estimate of drug-likeness (QED) is 0.0882. The van der Waals surface area contributed by atoms with E-state index in [1.54, 1.807) is 20.0 Å². The maximum Gasteiger partial charge on any atom is 0.326 e. The molecule has 0 aliphatic heterocycles. The molecule has 1 aromatic heterocycles. The molecule has 1 heterocycles. The number of hydrogen-bond acceptors (Lipinski definition) is 6. The minimum atomic E-state index is -1.19. The van der Waals surface area contributed by atoms with Crippen molar-refractivity contribution in [1.29, 1.82) is 0 Å². The normalized spacial score (nSPS) is 14.2. The summed E-state index contributed by atoms with van der Waals surface area (Å²) < 4.78 is 0. The second kappa shape index (κ2) is 14.0. The van der Waals surface area contributed by atoms with E-state index >= 15 is 0 Å². The van der Waals surface area contributed by atoms with Crippen LogP contribution in [0.25, 0.3) is 10.9 Å². The van der Waals surface area contributed by atoms with E-state index in [-0.39, 0.29) is 25.3 Å². The maximum absolute atomic E-state index is 13.4. The molecule has 13 heteroatoms. The first-order chi connectivity index (χ1) is 17.9. The molecular formula is C25H38N8O5. The van der Waals surface area contributed by atoms with Crippen LogP contribution in [0.15, 0.2) is 35.5 Å². The van der Waals surface area contributed by atoms with Crippen molar-refractivity contribution in [3.05, 3.63) is 36.0 Å². The van der Waals surface area contributed by atoms with E-state index in [0.29, 0.717) is 6.42 Å². The number of aromatic nitrogens is 1. The summed E-state index contributed by atoms with van der Waals surface area (Å²) in [5.74, 6) is -3.53. The van der Waals surface area contributed by atoms with Crippen molar-refractivity contribution in [3.8, 4) is 0 Å². The number of guanidine groups is 1. The molecule has 0 bridgehead atoms. The molecule has 0 fully saturated rings. The summed E-state index contributed by atoms with van der Waals surface area (Å²) >= 11 is 0. The van der Waals surface area contributed by atoms with Crippen LogP contribution in [0.4, 0.5) is 0 Å². The number of nitrogens with zero attached hydrogens (tertiary/aromatic N) is 1. The van der Waals surface area contributed by atoms with Crippen molar-refractivity contribution in [1.82, 2.24) is 20.9 Å². The lowest BCUT2D eigenvalue weighted by Crippen LogP contribution is -2.57. The third-order valence-corrected chi connectivity index (χ3v) is 5.95. The van der Waals surface area contributed by atoms with Gasteiger partial charge in [0.1, 0.15) is 18.1 Å². The van der Waals surface area contributed by atoms with Gasteiger partial charge in [-0.05, 0) is 37.3 Å². The number of carbonyl (C=O) groups is 4. The second-order valence-corrected chi connectivity index (χ2v) is 9.49. The molecule has 0 saturated heterocycles. The lowest BCUT2D eigenvalue weighted by atomic mass is 10.0. The first-order valence-electron chi connectivity index (χ1n) is 12.4. The van der Waals surface area contributed by atoms with Gasteiger partial charge in [-0.3, -0.25) is 19.4 Å². The van der Waals surface area contributed by atoms with Gasteiger partial charge in [-0.25, -0.2) is 4.79 Å². The molecule has 3 amide bonds. The fraction of sp³-hybridized carbons (Fsp3) is 0.480. The van der Waals surface area contributed by atoms with Crippen LogP contribution in [0, 0.1) is 5.92 Å².